The summed E-state index contributed by atoms with van der Waals surface area (Å²) in [7, 11) is -8.04. The number of alkyl halides is 1. The van der Waals surface area contributed by atoms with E-state index in [1.807, 2.05) is 13.8 Å². The second kappa shape index (κ2) is 8.89. The molecule has 0 spiro atoms. The molecule has 30 heavy (non-hydrogen) atoms. The summed E-state index contributed by atoms with van der Waals surface area (Å²) in [4.78, 5) is 0.0641. The van der Waals surface area contributed by atoms with Crippen molar-refractivity contribution in [2.75, 3.05) is 0 Å². The van der Waals surface area contributed by atoms with E-state index in [0.717, 1.165) is 11.1 Å². The van der Waals surface area contributed by atoms with Crippen molar-refractivity contribution >= 4 is 31.5 Å². The third-order valence-electron chi connectivity index (χ3n) is 4.68. The van der Waals surface area contributed by atoms with Crippen LogP contribution in [0.25, 0.3) is 0 Å². The van der Waals surface area contributed by atoms with Crippen molar-refractivity contribution in [1.82, 2.24) is 4.72 Å². The summed E-state index contributed by atoms with van der Waals surface area (Å²) in [5.41, 5.74) is 2.26. The molecule has 158 valence electrons. The molecular weight excluding hydrogens is 442 g/mol. The minimum absolute atomic E-state index is 0.0311. The molecule has 0 bridgehead atoms. The van der Waals surface area contributed by atoms with E-state index in [1.165, 1.54) is 24.3 Å². The molecule has 3 aromatic carbocycles. The Bertz CT molecular complexity index is 1210. The summed E-state index contributed by atoms with van der Waals surface area (Å²) in [5.74, 6) is 0. The van der Waals surface area contributed by atoms with E-state index in [9.17, 15) is 16.8 Å². The Hall–Kier alpha value is -2.19. The van der Waals surface area contributed by atoms with E-state index in [1.54, 1.807) is 54.6 Å². The number of rotatable bonds is 7. The highest BCUT2D eigenvalue weighted by Crippen LogP contribution is 2.31. The van der Waals surface area contributed by atoms with Crippen LogP contribution in [0, 0.1) is 13.8 Å². The Kier molecular flexibility index (Phi) is 6.67. The summed E-state index contributed by atoms with van der Waals surface area (Å²) in [6.07, 6.45) is 0. The normalized spacial score (nSPS) is 14.2. The topological polar surface area (TPSA) is 80.3 Å². The van der Waals surface area contributed by atoms with Gasteiger partial charge in [-0.15, -0.1) is 11.6 Å². The highest BCUT2D eigenvalue weighted by Gasteiger charge is 2.37. The molecule has 0 fully saturated rings. The summed E-state index contributed by atoms with van der Waals surface area (Å²) in [5, 5.41) is 0. The van der Waals surface area contributed by atoms with Crippen LogP contribution < -0.4 is 4.72 Å². The van der Waals surface area contributed by atoms with Crippen molar-refractivity contribution < 1.29 is 16.8 Å². The first kappa shape index (κ1) is 22.5. The smallest absolute Gasteiger partial charge is 0.222 e. The largest absolute Gasteiger partial charge is 0.241 e. The Morgan fingerprint density at radius 3 is 1.67 bits per heavy atom. The third kappa shape index (κ3) is 4.92. The fraction of sp³-hybridized carbons (Fsp3) is 0.182. The SMILES string of the molecule is Cc1ccc(S(=O)(=O)NC(c2ccccc2)C(Cl)S(=O)(=O)c2ccc(C)cc2)cc1. The van der Waals surface area contributed by atoms with Gasteiger partial charge in [0.1, 0.15) is 0 Å². The lowest BCUT2D eigenvalue weighted by Crippen LogP contribution is -2.37. The third-order valence-corrected chi connectivity index (χ3v) is 8.89. The highest BCUT2D eigenvalue weighted by molar-refractivity contribution is 7.93. The average molecular weight is 464 g/mol. The maximum atomic E-state index is 13.2. The van der Waals surface area contributed by atoms with Crippen LogP contribution in [-0.4, -0.2) is 21.5 Å². The molecule has 2 unspecified atom stereocenters. The lowest BCUT2D eigenvalue weighted by Gasteiger charge is -2.24. The number of benzene rings is 3. The van der Waals surface area contributed by atoms with Gasteiger partial charge in [0, 0.05) is 0 Å². The van der Waals surface area contributed by atoms with Gasteiger partial charge < -0.3 is 0 Å². The molecule has 3 aromatic rings. The molecule has 1 N–H and O–H groups in total. The molecule has 0 radical (unpaired) electrons. The number of halogens is 1. The van der Waals surface area contributed by atoms with Crippen LogP contribution in [0.3, 0.4) is 0 Å². The van der Waals surface area contributed by atoms with Gasteiger partial charge in [-0.05, 0) is 43.7 Å². The average Bonchev–Trinajstić information content (AvgIpc) is 2.73. The first-order valence-electron chi connectivity index (χ1n) is 9.20. The van der Waals surface area contributed by atoms with Crippen LogP contribution in [0.4, 0.5) is 0 Å². The standard InChI is InChI=1S/C22H22ClNO4S2/c1-16-8-12-19(13-9-16)29(25,26)22(23)21(18-6-4-3-5-7-18)24-30(27,28)20-14-10-17(2)11-15-20/h3-15,21-22,24H,1-2H3. The van der Waals surface area contributed by atoms with Crippen LogP contribution in [0.15, 0.2) is 88.7 Å². The number of sulfonamides is 1. The lowest BCUT2D eigenvalue weighted by atomic mass is 10.1. The van der Waals surface area contributed by atoms with Crippen LogP contribution >= 0.6 is 11.6 Å². The predicted molar refractivity (Wildman–Crippen MR) is 119 cm³/mol. The number of aryl methyl sites for hydroxylation is 2. The molecule has 2 atom stereocenters. The lowest BCUT2D eigenvalue weighted by molar-refractivity contribution is 0.551. The van der Waals surface area contributed by atoms with Crippen LogP contribution in [0.2, 0.25) is 0 Å². The fourth-order valence-corrected chi connectivity index (χ4v) is 6.20. The minimum Gasteiger partial charge on any atom is -0.222 e. The second-order valence-corrected chi connectivity index (χ2v) is 11.5. The van der Waals surface area contributed by atoms with E-state index in [-0.39, 0.29) is 9.79 Å². The van der Waals surface area contributed by atoms with E-state index in [0.29, 0.717) is 5.56 Å². The fourth-order valence-electron chi connectivity index (χ4n) is 2.92. The second-order valence-electron chi connectivity index (χ2n) is 7.03. The van der Waals surface area contributed by atoms with Gasteiger partial charge in [0.25, 0.3) is 0 Å². The van der Waals surface area contributed by atoms with Crippen molar-refractivity contribution in [3.8, 4) is 0 Å². The summed E-state index contributed by atoms with van der Waals surface area (Å²) >= 11 is 6.45. The maximum Gasteiger partial charge on any atom is 0.241 e. The highest BCUT2D eigenvalue weighted by atomic mass is 35.5. The van der Waals surface area contributed by atoms with E-state index >= 15 is 0 Å². The maximum absolute atomic E-state index is 13.2. The van der Waals surface area contributed by atoms with Crippen molar-refractivity contribution in [2.24, 2.45) is 0 Å². The van der Waals surface area contributed by atoms with E-state index < -0.39 is 30.6 Å². The van der Waals surface area contributed by atoms with Crippen molar-refractivity contribution in [1.29, 1.82) is 0 Å². The molecule has 0 saturated heterocycles. The molecule has 5 nitrogen and oxygen atoms in total. The molecule has 0 aliphatic carbocycles. The van der Waals surface area contributed by atoms with Gasteiger partial charge in [-0.3, -0.25) is 0 Å². The number of nitrogens with one attached hydrogen (secondary N) is 1. The zero-order valence-corrected chi connectivity index (χ0v) is 18.9. The molecule has 3 rings (SSSR count). The van der Waals surface area contributed by atoms with Crippen molar-refractivity contribution in [3.05, 3.63) is 95.6 Å². The molecule has 0 aliphatic rings. The molecule has 0 saturated carbocycles. The molecule has 0 aromatic heterocycles. The van der Waals surface area contributed by atoms with Gasteiger partial charge in [-0.1, -0.05) is 65.7 Å². The Morgan fingerprint density at radius 2 is 1.17 bits per heavy atom. The number of sulfone groups is 1. The Labute approximate surface area is 182 Å². The predicted octanol–water partition coefficient (Wildman–Crippen LogP) is 4.36. The summed E-state index contributed by atoms with van der Waals surface area (Å²) in [6, 6.07) is 19.8. The van der Waals surface area contributed by atoms with Crippen LogP contribution in [-0.2, 0) is 19.9 Å². The van der Waals surface area contributed by atoms with E-state index in [2.05, 4.69) is 4.72 Å². The van der Waals surface area contributed by atoms with Gasteiger partial charge in [0.05, 0.1) is 15.8 Å². The molecular formula is C22H22ClNO4S2. The molecule has 0 heterocycles. The van der Waals surface area contributed by atoms with Crippen LogP contribution in [0.5, 0.6) is 0 Å². The Balaban J connectivity index is 2.03. The van der Waals surface area contributed by atoms with Gasteiger partial charge in [0.2, 0.25) is 10.0 Å². The van der Waals surface area contributed by atoms with Gasteiger partial charge in [-0.25, -0.2) is 21.6 Å². The monoisotopic (exact) mass is 463 g/mol. The molecule has 0 amide bonds. The van der Waals surface area contributed by atoms with Crippen molar-refractivity contribution in [2.45, 2.75) is 34.4 Å². The zero-order valence-electron chi connectivity index (χ0n) is 16.5. The number of hydrogen-bond donors (Lipinski definition) is 1. The summed E-state index contributed by atoms with van der Waals surface area (Å²) < 4.78 is 53.2. The molecule has 0 aliphatic heterocycles. The first-order chi connectivity index (χ1) is 14.1. The first-order valence-corrected chi connectivity index (χ1v) is 12.7. The summed E-state index contributed by atoms with van der Waals surface area (Å²) in [6.45, 7) is 3.69. The number of hydrogen-bond acceptors (Lipinski definition) is 4. The van der Waals surface area contributed by atoms with Crippen molar-refractivity contribution in [3.63, 3.8) is 0 Å². The zero-order chi connectivity index (χ0) is 21.9. The van der Waals surface area contributed by atoms with E-state index in [4.69, 9.17) is 11.6 Å². The van der Waals surface area contributed by atoms with Gasteiger partial charge >= 0.3 is 0 Å². The van der Waals surface area contributed by atoms with Gasteiger partial charge in [0.15, 0.2) is 14.5 Å². The Morgan fingerprint density at radius 1 is 0.700 bits per heavy atom. The van der Waals surface area contributed by atoms with Gasteiger partial charge in [-0.2, -0.15) is 0 Å². The minimum atomic E-state index is -4.03. The quantitative estimate of drug-likeness (QED) is 0.528. The molecule has 8 heteroatoms. The van der Waals surface area contributed by atoms with Crippen LogP contribution in [0.1, 0.15) is 22.7 Å².